The van der Waals surface area contributed by atoms with E-state index in [9.17, 15) is 18.0 Å². The van der Waals surface area contributed by atoms with Gasteiger partial charge in [-0.1, -0.05) is 15.9 Å². The molecular weight excluding hydrogens is 313 g/mol. The maximum Gasteiger partial charge on any atom is 0.390 e. The average Bonchev–Trinajstić information content (AvgIpc) is 2.21. The fourth-order valence-electron chi connectivity index (χ4n) is 1.35. The molecule has 7 heteroatoms. The first-order valence-corrected chi connectivity index (χ1v) is 5.90. The Kier molecular flexibility index (Phi) is 4.61. The Morgan fingerprint density at radius 1 is 1.44 bits per heavy atom. The van der Waals surface area contributed by atoms with Crippen LogP contribution in [0.25, 0.3) is 0 Å². The van der Waals surface area contributed by atoms with E-state index in [4.69, 9.17) is 5.73 Å². The van der Waals surface area contributed by atoms with Gasteiger partial charge in [-0.05, 0) is 24.6 Å². The van der Waals surface area contributed by atoms with Crippen LogP contribution < -0.4 is 11.1 Å². The molecule has 0 aliphatic heterocycles. The number of nitrogens with two attached hydrogens (primary N) is 1. The largest absolute Gasteiger partial charge is 0.398 e. The molecule has 0 fully saturated rings. The summed E-state index contributed by atoms with van der Waals surface area (Å²) in [5, 5.41) is 2.22. The molecule has 1 rings (SSSR count). The zero-order chi connectivity index (χ0) is 13.9. The molecule has 18 heavy (non-hydrogen) atoms. The molecule has 1 amide bonds. The van der Waals surface area contributed by atoms with Crippen molar-refractivity contribution in [2.75, 3.05) is 12.3 Å². The van der Waals surface area contributed by atoms with Gasteiger partial charge >= 0.3 is 6.18 Å². The lowest BCUT2D eigenvalue weighted by Gasteiger charge is -2.11. The zero-order valence-corrected chi connectivity index (χ0v) is 11.2. The van der Waals surface area contributed by atoms with Crippen molar-refractivity contribution in [2.45, 2.75) is 19.5 Å². The molecule has 0 unspecified atom stereocenters. The lowest BCUT2D eigenvalue weighted by Crippen LogP contribution is -2.28. The van der Waals surface area contributed by atoms with Crippen molar-refractivity contribution in [3.8, 4) is 0 Å². The molecule has 0 aromatic heterocycles. The van der Waals surface area contributed by atoms with E-state index in [1.165, 1.54) is 6.07 Å². The monoisotopic (exact) mass is 324 g/mol. The van der Waals surface area contributed by atoms with E-state index in [0.717, 1.165) is 0 Å². The van der Waals surface area contributed by atoms with Crippen LogP contribution >= 0.6 is 15.9 Å². The van der Waals surface area contributed by atoms with Gasteiger partial charge < -0.3 is 11.1 Å². The molecule has 0 spiro atoms. The Morgan fingerprint density at radius 3 is 2.61 bits per heavy atom. The first-order chi connectivity index (χ1) is 8.20. The molecule has 0 heterocycles. The first-order valence-electron chi connectivity index (χ1n) is 5.11. The second-order valence-corrected chi connectivity index (χ2v) is 4.70. The van der Waals surface area contributed by atoms with Crippen LogP contribution in [0.3, 0.4) is 0 Å². The average molecular weight is 325 g/mol. The van der Waals surface area contributed by atoms with Gasteiger partial charge in [0.15, 0.2) is 0 Å². The van der Waals surface area contributed by atoms with Crippen molar-refractivity contribution in [3.63, 3.8) is 0 Å². The number of halogens is 4. The van der Waals surface area contributed by atoms with Crippen LogP contribution in [-0.2, 0) is 0 Å². The van der Waals surface area contributed by atoms with Crippen LogP contribution in [0, 0.1) is 6.92 Å². The van der Waals surface area contributed by atoms with Crippen molar-refractivity contribution in [2.24, 2.45) is 0 Å². The molecule has 3 N–H and O–H groups in total. The van der Waals surface area contributed by atoms with Crippen LogP contribution in [0.2, 0.25) is 0 Å². The minimum atomic E-state index is -4.28. The standard InChI is InChI=1S/C11H12BrF3N2O/c1-6-8(4-7(12)5-9(6)16)10(18)17-3-2-11(13,14)15/h4-5H,2-3,16H2,1H3,(H,17,18). The molecule has 0 atom stereocenters. The van der Waals surface area contributed by atoms with Gasteiger partial charge in [-0.25, -0.2) is 0 Å². The number of rotatable bonds is 3. The van der Waals surface area contributed by atoms with E-state index in [1.54, 1.807) is 13.0 Å². The Morgan fingerprint density at radius 2 is 2.06 bits per heavy atom. The molecule has 0 aliphatic carbocycles. The molecular formula is C11H12BrF3N2O. The molecule has 3 nitrogen and oxygen atoms in total. The molecule has 0 radical (unpaired) electrons. The minimum Gasteiger partial charge on any atom is -0.398 e. The number of amides is 1. The summed E-state index contributed by atoms with van der Waals surface area (Å²) >= 11 is 3.18. The van der Waals surface area contributed by atoms with Crippen LogP contribution in [0.1, 0.15) is 22.3 Å². The first kappa shape index (κ1) is 14.8. The predicted molar refractivity (Wildman–Crippen MR) is 66.3 cm³/mol. The molecule has 1 aromatic rings. The lowest BCUT2D eigenvalue weighted by molar-refractivity contribution is -0.132. The van der Waals surface area contributed by atoms with Crippen molar-refractivity contribution >= 4 is 27.5 Å². The van der Waals surface area contributed by atoms with E-state index in [1.807, 2.05) is 0 Å². The summed E-state index contributed by atoms with van der Waals surface area (Å²) in [6.45, 7) is 1.19. The molecule has 0 aliphatic rings. The zero-order valence-electron chi connectivity index (χ0n) is 9.57. The highest BCUT2D eigenvalue weighted by Crippen LogP contribution is 2.23. The third-order valence-corrected chi connectivity index (χ3v) is 2.81. The summed E-state index contributed by atoms with van der Waals surface area (Å²) in [6.07, 6.45) is -5.33. The van der Waals surface area contributed by atoms with Crippen LogP contribution in [0.4, 0.5) is 18.9 Å². The van der Waals surface area contributed by atoms with Crippen LogP contribution in [-0.4, -0.2) is 18.6 Å². The van der Waals surface area contributed by atoms with E-state index in [2.05, 4.69) is 21.2 Å². The quantitative estimate of drug-likeness (QED) is 0.840. The Balaban J connectivity index is 2.73. The fraction of sp³-hybridized carbons (Fsp3) is 0.364. The van der Waals surface area contributed by atoms with Crippen molar-refractivity contribution in [3.05, 3.63) is 27.7 Å². The van der Waals surface area contributed by atoms with Gasteiger partial charge in [0.2, 0.25) is 0 Å². The number of anilines is 1. The number of alkyl halides is 3. The third kappa shape index (κ3) is 4.21. The second-order valence-electron chi connectivity index (χ2n) is 3.79. The highest BCUT2D eigenvalue weighted by Gasteiger charge is 2.26. The van der Waals surface area contributed by atoms with Crippen LogP contribution in [0.5, 0.6) is 0 Å². The molecule has 100 valence electrons. The van der Waals surface area contributed by atoms with Gasteiger partial charge in [0.25, 0.3) is 5.91 Å². The summed E-state index contributed by atoms with van der Waals surface area (Å²) in [5.74, 6) is -0.565. The number of benzene rings is 1. The third-order valence-electron chi connectivity index (χ3n) is 2.35. The van der Waals surface area contributed by atoms with E-state index >= 15 is 0 Å². The van der Waals surface area contributed by atoms with Gasteiger partial charge in [-0.15, -0.1) is 0 Å². The van der Waals surface area contributed by atoms with Gasteiger partial charge in [0, 0.05) is 22.3 Å². The molecule has 0 saturated carbocycles. The predicted octanol–water partition coefficient (Wildman–Crippen LogP) is 3.02. The molecule has 0 bridgehead atoms. The number of nitrogen functional groups attached to an aromatic ring is 1. The number of hydrogen-bond acceptors (Lipinski definition) is 2. The Hall–Kier alpha value is -1.24. The number of carbonyl (C=O) groups excluding carboxylic acids is 1. The Labute approximate surface area is 111 Å². The summed E-state index contributed by atoms with van der Waals surface area (Å²) in [5.41, 5.74) is 6.89. The maximum absolute atomic E-state index is 11.9. The molecule has 0 saturated heterocycles. The summed E-state index contributed by atoms with van der Waals surface area (Å²) in [7, 11) is 0. The van der Waals surface area contributed by atoms with Crippen molar-refractivity contribution in [1.29, 1.82) is 0 Å². The van der Waals surface area contributed by atoms with E-state index in [0.29, 0.717) is 15.7 Å². The second kappa shape index (κ2) is 5.60. The van der Waals surface area contributed by atoms with Crippen molar-refractivity contribution in [1.82, 2.24) is 5.32 Å². The molecule has 1 aromatic carbocycles. The number of hydrogen-bond donors (Lipinski definition) is 2. The van der Waals surface area contributed by atoms with Gasteiger partial charge in [-0.2, -0.15) is 13.2 Å². The number of nitrogens with one attached hydrogen (secondary N) is 1. The highest BCUT2D eigenvalue weighted by atomic mass is 79.9. The normalized spacial score (nSPS) is 11.4. The smallest absolute Gasteiger partial charge is 0.390 e. The lowest BCUT2D eigenvalue weighted by atomic mass is 10.1. The van der Waals surface area contributed by atoms with Gasteiger partial charge in [0.05, 0.1) is 6.42 Å². The fourth-order valence-corrected chi connectivity index (χ4v) is 1.82. The summed E-state index contributed by atoms with van der Waals surface area (Å²) in [4.78, 5) is 11.7. The SMILES string of the molecule is Cc1c(N)cc(Br)cc1C(=O)NCCC(F)(F)F. The van der Waals surface area contributed by atoms with Crippen molar-refractivity contribution < 1.29 is 18.0 Å². The van der Waals surface area contributed by atoms with Crippen LogP contribution in [0.15, 0.2) is 16.6 Å². The summed E-state index contributed by atoms with van der Waals surface area (Å²) in [6, 6.07) is 3.15. The van der Waals surface area contributed by atoms with Gasteiger partial charge in [0.1, 0.15) is 0 Å². The van der Waals surface area contributed by atoms with E-state index in [-0.39, 0.29) is 5.56 Å². The topological polar surface area (TPSA) is 55.1 Å². The van der Waals surface area contributed by atoms with Gasteiger partial charge in [-0.3, -0.25) is 4.79 Å². The number of carbonyl (C=O) groups is 1. The highest BCUT2D eigenvalue weighted by molar-refractivity contribution is 9.10. The maximum atomic E-state index is 11.9. The summed E-state index contributed by atoms with van der Waals surface area (Å²) < 4.78 is 36.4. The van der Waals surface area contributed by atoms with E-state index < -0.39 is 25.0 Å². The minimum absolute atomic E-state index is 0.268. The Bertz CT molecular complexity index is 460.